The predicted octanol–water partition coefficient (Wildman–Crippen LogP) is 3.77. The van der Waals surface area contributed by atoms with Gasteiger partial charge >= 0.3 is 12.1 Å². The summed E-state index contributed by atoms with van der Waals surface area (Å²) in [7, 11) is 1.89. The second-order valence-electron chi connectivity index (χ2n) is 8.20. The van der Waals surface area contributed by atoms with Crippen molar-refractivity contribution in [3.05, 3.63) is 24.0 Å². The topological polar surface area (TPSA) is 96.7 Å². The van der Waals surface area contributed by atoms with Crippen molar-refractivity contribution in [1.29, 1.82) is 0 Å². The van der Waals surface area contributed by atoms with E-state index < -0.39 is 23.7 Å². The number of benzene rings is 1. The van der Waals surface area contributed by atoms with Gasteiger partial charge in [-0.15, -0.1) is 23.2 Å². The Kier molecular flexibility index (Phi) is 8.82. The van der Waals surface area contributed by atoms with Gasteiger partial charge in [-0.05, 0) is 45.4 Å². The summed E-state index contributed by atoms with van der Waals surface area (Å²) in [6.45, 7) is 6.51. The van der Waals surface area contributed by atoms with Crippen LogP contribution >= 0.6 is 23.2 Å². The lowest BCUT2D eigenvalue weighted by molar-refractivity contribution is -0.139. The van der Waals surface area contributed by atoms with Crippen molar-refractivity contribution in [1.82, 2.24) is 14.9 Å². The first-order valence-electron chi connectivity index (χ1n) is 10.1. The number of hydrogen-bond acceptors (Lipinski definition) is 5. The number of carbonyl (C=O) groups excluding carboxylic acids is 1. The van der Waals surface area contributed by atoms with Crippen molar-refractivity contribution in [2.24, 2.45) is 7.05 Å². The van der Waals surface area contributed by atoms with Crippen LogP contribution in [0.3, 0.4) is 0 Å². The van der Waals surface area contributed by atoms with Crippen LogP contribution in [-0.4, -0.2) is 63.2 Å². The molecule has 31 heavy (non-hydrogen) atoms. The number of aliphatic carboxylic acids is 1. The van der Waals surface area contributed by atoms with E-state index in [0.29, 0.717) is 31.3 Å². The zero-order valence-corrected chi connectivity index (χ0v) is 19.8. The van der Waals surface area contributed by atoms with E-state index in [9.17, 15) is 14.7 Å². The highest BCUT2D eigenvalue weighted by molar-refractivity contribution is 6.18. The maximum atomic E-state index is 12.0. The standard InChI is InChI=1S/C21H30Cl2N4O4/c1-21(2,3)31-20(30)25-15(19(28)29)6-8-18-24-16-13-14(5-7-17(16)26(18)4)27(11-9-22)12-10-23/h5,7,13,15H,6,8-12H2,1-4H3,(H,25,30)(H,28,29). The number of carboxylic acids is 1. The summed E-state index contributed by atoms with van der Waals surface area (Å²) in [5.41, 5.74) is 2.01. The van der Waals surface area contributed by atoms with Crippen LogP contribution < -0.4 is 10.2 Å². The average Bonchev–Trinajstić information content (AvgIpc) is 2.98. The number of imidazole rings is 1. The maximum absolute atomic E-state index is 12.0. The molecule has 0 spiro atoms. The first-order valence-corrected chi connectivity index (χ1v) is 11.2. The van der Waals surface area contributed by atoms with Gasteiger partial charge in [0.15, 0.2) is 0 Å². The molecule has 0 fully saturated rings. The molecule has 0 aliphatic carbocycles. The SMILES string of the molecule is Cn1c(CCC(NC(=O)OC(C)(C)C)C(=O)O)nc2cc(N(CCCl)CCCl)ccc21. The summed E-state index contributed by atoms with van der Waals surface area (Å²) >= 11 is 11.8. The number of anilines is 1. The third-order valence-electron chi connectivity index (χ3n) is 4.68. The normalized spacial score (nSPS) is 12.6. The Morgan fingerprint density at radius 1 is 1.26 bits per heavy atom. The second-order valence-corrected chi connectivity index (χ2v) is 8.96. The first kappa shape index (κ1) is 25.1. The number of alkyl halides is 2. The van der Waals surface area contributed by atoms with Gasteiger partial charge in [-0.2, -0.15) is 0 Å². The molecular formula is C21H30Cl2N4O4. The lowest BCUT2D eigenvalue weighted by atomic mass is 10.1. The van der Waals surface area contributed by atoms with Crippen LogP contribution in [0.25, 0.3) is 11.0 Å². The quantitative estimate of drug-likeness (QED) is 0.510. The highest BCUT2D eigenvalue weighted by Gasteiger charge is 2.24. The van der Waals surface area contributed by atoms with E-state index in [4.69, 9.17) is 27.9 Å². The number of nitrogens with zero attached hydrogens (tertiary/aromatic N) is 3. The number of ether oxygens (including phenoxy) is 1. The minimum absolute atomic E-state index is 0.184. The largest absolute Gasteiger partial charge is 0.480 e. The molecule has 1 amide bonds. The van der Waals surface area contributed by atoms with Gasteiger partial charge in [-0.1, -0.05) is 0 Å². The van der Waals surface area contributed by atoms with Gasteiger partial charge in [-0.25, -0.2) is 14.6 Å². The van der Waals surface area contributed by atoms with Crippen molar-refractivity contribution >= 4 is 52.0 Å². The van der Waals surface area contributed by atoms with Gasteiger partial charge in [-0.3, -0.25) is 0 Å². The van der Waals surface area contributed by atoms with Gasteiger partial charge in [0.2, 0.25) is 0 Å². The minimum atomic E-state index is -1.12. The fourth-order valence-electron chi connectivity index (χ4n) is 3.21. The van der Waals surface area contributed by atoms with Crippen LogP contribution in [0.5, 0.6) is 0 Å². The van der Waals surface area contributed by atoms with E-state index in [1.807, 2.05) is 29.8 Å². The fourth-order valence-corrected chi connectivity index (χ4v) is 3.62. The van der Waals surface area contributed by atoms with Crippen molar-refractivity contribution in [3.8, 4) is 0 Å². The zero-order chi connectivity index (χ0) is 23.2. The number of rotatable bonds is 10. The van der Waals surface area contributed by atoms with Crippen LogP contribution in [0.2, 0.25) is 0 Å². The third-order valence-corrected chi connectivity index (χ3v) is 5.01. The molecule has 10 heteroatoms. The molecule has 8 nitrogen and oxygen atoms in total. The molecule has 1 aromatic carbocycles. The van der Waals surface area contributed by atoms with Crippen LogP contribution in [0.4, 0.5) is 10.5 Å². The summed E-state index contributed by atoms with van der Waals surface area (Å²) in [6.07, 6.45) is -0.197. The molecule has 0 aliphatic heterocycles. The smallest absolute Gasteiger partial charge is 0.408 e. The van der Waals surface area contributed by atoms with Gasteiger partial charge < -0.3 is 24.6 Å². The zero-order valence-electron chi connectivity index (χ0n) is 18.3. The maximum Gasteiger partial charge on any atom is 0.408 e. The summed E-state index contributed by atoms with van der Waals surface area (Å²) in [5, 5.41) is 11.9. The number of amides is 1. The lowest BCUT2D eigenvalue weighted by Crippen LogP contribution is -2.43. The molecule has 0 bridgehead atoms. The number of alkyl carbamates (subject to hydrolysis) is 1. The average molecular weight is 473 g/mol. The Hall–Kier alpha value is -2.19. The Labute approximate surface area is 192 Å². The van der Waals surface area contributed by atoms with Crippen LogP contribution in [0.1, 0.15) is 33.0 Å². The Balaban J connectivity index is 2.15. The van der Waals surface area contributed by atoms with Gasteiger partial charge in [0.05, 0.1) is 11.0 Å². The molecule has 0 saturated carbocycles. The van der Waals surface area contributed by atoms with E-state index in [-0.39, 0.29) is 6.42 Å². The van der Waals surface area contributed by atoms with Crippen molar-refractivity contribution in [3.63, 3.8) is 0 Å². The number of carboxylic acid groups (broad SMARTS) is 1. The first-order chi connectivity index (χ1) is 14.6. The molecule has 2 aromatic rings. The fraction of sp³-hybridized carbons (Fsp3) is 0.571. The van der Waals surface area contributed by atoms with Crippen molar-refractivity contribution in [2.75, 3.05) is 29.7 Å². The molecular weight excluding hydrogens is 443 g/mol. The summed E-state index contributed by atoms with van der Waals surface area (Å²) in [5.74, 6) is 0.586. The number of fused-ring (bicyclic) bond motifs is 1. The van der Waals surface area contributed by atoms with E-state index in [0.717, 1.165) is 22.5 Å². The molecule has 1 unspecified atom stereocenters. The molecule has 172 valence electrons. The molecule has 2 rings (SSSR count). The number of carbonyl (C=O) groups is 2. The molecule has 1 aromatic heterocycles. The summed E-state index contributed by atoms with van der Waals surface area (Å²) in [4.78, 5) is 30.3. The number of nitrogens with one attached hydrogen (secondary N) is 1. The Morgan fingerprint density at radius 3 is 2.45 bits per heavy atom. The number of halogens is 2. The highest BCUT2D eigenvalue weighted by Crippen LogP contribution is 2.23. The van der Waals surface area contributed by atoms with Gasteiger partial charge in [0, 0.05) is 44.0 Å². The van der Waals surface area contributed by atoms with Gasteiger partial charge in [0.25, 0.3) is 0 Å². The monoisotopic (exact) mass is 472 g/mol. The summed E-state index contributed by atoms with van der Waals surface area (Å²) in [6, 6.07) is 4.88. The van der Waals surface area contributed by atoms with Crippen molar-refractivity contribution in [2.45, 2.75) is 45.3 Å². The molecule has 2 N–H and O–H groups in total. The molecule has 0 saturated heterocycles. The molecule has 0 aliphatic rings. The number of aromatic nitrogens is 2. The molecule has 1 heterocycles. The van der Waals surface area contributed by atoms with E-state index in [1.54, 1.807) is 20.8 Å². The third kappa shape index (κ3) is 7.18. The van der Waals surface area contributed by atoms with Crippen molar-refractivity contribution < 1.29 is 19.4 Å². The summed E-state index contributed by atoms with van der Waals surface area (Å²) < 4.78 is 7.09. The van der Waals surface area contributed by atoms with Crippen LogP contribution in [-0.2, 0) is 23.0 Å². The molecule has 0 radical (unpaired) electrons. The van der Waals surface area contributed by atoms with Crippen LogP contribution in [0, 0.1) is 0 Å². The minimum Gasteiger partial charge on any atom is -0.480 e. The number of hydrogen-bond donors (Lipinski definition) is 2. The lowest BCUT2D eigenvalue weighted by Gasteiger charge is -2.22. The Morgan fingerprint density at radius 2 is 1.90 bits per heavy atom. The number of aryl methyl sites for hydroxylation is 2. The highest BCUT2D eigenvalue weighted by atomic mass is 35.5. The van der Waals surface area contributed by atoms with E-state index in [2.05, 4.69) is 15.2 Å². The Bertz CT molecular complexity index is 905. The predicted molar refractivity (Wildman–Crippen MR) is 123 cm³/mol. The van der Waals surface area contributed by atoms with Gasteiger partial charge in [0.1, 0.15) is 17.5 Å². The van der Waals surface area contributed by atoms with E-state index >= 15 is 0 Å². The van der Waals surface area contributed by atoms with Crippen LogP contribution in [0.15, 0.2) is 18.2 Å². The van der Waals surface area contributed by atoms with E-state index in [1.165, 1.54) is 0 Å². The second kappa shape index (κ2) is 10.9. The molecule has 1 atom stereocenters.